The summed E-state index contributed by atoms with van der Waals surface area (Å²) in [5.41, 5.74) is 3.24. The van der Waals surface area contributed by atoms with E-state index in [1.165, 1.54) is 0 Å². The smallest absolute Gasteiger partial charge is 0.224 e. The second kappa shape index (κ2) is 7.04. The molecular weight excluding hydrogens is 226 g/mol. The molecule has 1 amide bonds. The molecule has 0 aromatic heterocycles. The molecule has 1 N–H and O–H groups in total. The fourth-order valence-electron chi connectivity index (χ4n) is 1.99. The molecule has 1 aromatic rings. The Kier molecular flexibility index (Phi) is 5.69. The van der Waals surface area contributed by atoms with E-state index < -0.39 is 0 Å². The van der Waals surface area contributed by atoms with Crippen molar-refractivity contribution in [2.45, 2.75) is 40.0 Å². The summed E-state index contributed by atoms with van der Waals surface area (Å²) in [5, 5.41) is 2.93. The standard InChI is InChI=1S/C15H23NO2/c1-5-6-7-16-15(17)10-13-12(3)8-11(2)9-14(13)18-4/h8-9H,5-7,10H2,1-4H3,(H,16,17). The summed E-state index contributed by atoms with van der Waals surface area (Å²) >= 11 is 0. The molecule has 18 heavy (non-hydrogen) atoms. The summed E-state index contributed by atoms with van der Waals surface area (Å²) < 4.78 is 5.35. The molecule has 3 heteroatoms. The molecule has 0 unspecified atom stereocenters. The number of carbonyl (C=O) groups is 1. The van der Waals surface area contributed by atoms with Gasteiger partial charge in [-0.25, -0.2) is 0 Å². The van der Waals surface area contributed by atoms with Crippen LogP contribution in [0.4, 0.5) is 0 Å². The van der Waals surface area contributed by atoms with Crippen LogP contribution in [0.15, 0.2) is 12.1 Å². The van der Waals surface area contributed by atoms with Gasteiger partial charge in [0.2, 0.25) is 5.91 Å². The van der Waals surface area contributed by atoms with Gasteiger partial charge in [-0.15, -0.1) is 0 Å². The Morgan fingerprint density at radius 3 is 2.67 bits per heavy atom. The van der Waals surface area contributed by atoms with E-state index in [9.17, 15) is 4.79 Å². The Bertz CT molecular complexity index is 413. The quantitative estimate of drug-likeness (QED) is 0.787. The van der Waals surface area contributed by atoms with Gasteiger partial charge in [0.25, 0.3) is 0 Å². The van der Waals surface area contributed by atoms with Crippen molar-refractivity contribution in [3.63, 3.8) is 0 Å². The molecule has 0 saturated heterocycles. The summed E-state index contributed by atoms with van der Waals surface area (Å²) in [4.78, 5) is 11.8. The average Bonchev–Trinajstić information content (AvgIpc) is 2.32. The molecule has 3 nitrogen and oxygen atoms in total. The first-order chi connectivity index (χ1) is 8.58. The Labute approximate surface area is 110 Å². The van der Waals surface area contributed by atoms with Crippen LogP contribution < -0.4 is 10.1 Å². The van der Waals surface area contributed by atoms with Crippen molar-refractivity contribution in [3.8, 4) is 5.75 Å². The molecule has 0 bridgehead atoms. The highest BCUT2D eigenvalue weighted by atomic mass is 16.5. The van der Waals surface area contributed by atoms with Gasteiger partial charge in [-0.2, -0.15) is 0 Å². The number of aryl methyl sites for hydroxylation is 2. The monoisotopic (exact) mass is 249 g/mol. The van der Waals surface area contributed by atoms with E-state index in [1.807, 2.05) is 19.9 Å². The van der Waals surface area contributed by atoms with Crippen molar-refractivity contribution in [2.75, 3.05) is 13.7 Å². The van der Waals surface area contributed by atoms with Gasteiger partial charge in [0.1, 0.15) is 5.75 Å². The maximum atomic E-state index is 11.8. The molecule has 0 heterocycles. The SMILES string of the molecule is CCCCNC(=O)Cc1c(C)cc(C)cc1OC. The van der Waals surface area contributed by atoms with Crippen LogP contribution in [0.2, 0.25) is 0 Å². The number of unbranched alkanes of at least 4 members (excludes halogenated alkanes) is 1. The van der Waals surface area contributed by atoms with Crippen LogP contribution >= 0.6 is 0 Å². The lowest BCUT2D eigenvalue weighted by molar-refractivity contribution is -0.120. The Balaban J connectivity index is 2.74. The van der Waals surface area contributed by atoms with Crippen LogP contribution in [0.5, 0.6) is 5.75 Å². The molecule has 0 aliphatic rings. The van der Waals surface area contributed by atoms with Crippen molar-refractivity contribution in [2.24, 2.45) is 0 Å². The molecule has 0 spiro atoms. The molecule has 0 saturated carbocycles. The number of benzene rings is 1. The minimum Gasteiger partial charge on any atom is -0.496 e. The van der Waals surface area contributed by atoms with E-state index in [0.29, 0.717) is 6.42 Å². The molecule has 1 rings (SSSR count). The van der Waals surface area contributed by atoms with Crippen LogP contribution in [0.3, 0.4) is 0 Å². The van der Waals surface area contributed by atoms with E-state index in [2.05, 4.69) is 18.3 Å². The number of rotatable bonds is 6. The van der Waals surface area contributed by atoms with Crippen LogP contribution in [-0.4, -0.2) is 19.6 Å². The zero-order chi connectivity index (χ0) is 13.5. The molecule has 0 aliphatic carbocycles. The normalized spacial score (nSPS) is 10.2. The molecule has 0 radical (unpaired) electrons. The minimum absolute atomic E-state index is 0.0636. The lowest BCUT2D eigenvalue weighted by atomic mass is 10.0. The Morgan fingerprint density at radius 1 is 1.33 bits per heavy atom. The van der Waals surface area contributed by atoms with Crippen LogP contribution in [0.1, 0.15) is 36.5 Å². The molecule has 0 aliphatic heterocycles. The first-order valence-electron chi connectivity index (χ1n) is 6.49. The van der Waals surface area contributed by atoms with E-state index in [0.717, 1.165) is 41.8 Å². The van der Waals surface area contributed by atoms with Gasteiger partial charge in [0.05, 0.1) is 13.5 Å². The summed E-state index contributed by atoms with van der Waals surface area (Å²) in [6.45, 7) is 6.91. The fraction of sp³-hybridized carbons (Fsp3) is 0.533. The van der Waals surface area contributed by atoms with Crippen molar-refractivity contribution < 1.29 is 9.53 Å². The van der Waals surface area contributed by atoms with Gasteiger partial charge >= 0.3 is 0 Å². The molecule has 0 fully saturated rings. The number of hydrogen-bond donors (Lipinski definition) is 1. The lowest BCUT2D eigenvalue weighted by Crippen LogP contribution is -2.26. The molecular formula is C15H23NO2. The van der Waals surface area contributed by atoms with E-state index in [-0.39, 0.29) is 5.91 Å². The van der Waals surface area contributed by atoms with E-state index >= 15 is 0 Å². The zero-order valence-electron chi connectivity index (χ0n) is 11.8. The highest BCUT2D eigenvalue weighted by Crippen LogP contribution is 2.24. The van der Waals surface area contributed by atoms with Crippen molar-refractivity contribution in [1.82, 2.24) is 5.32 Å². The fourth-order valence-corrected chi connectivity index (χ4v) is 1.99. The number of hydrogen-bond acceptors (Lipinski definition) is 2. The second-order valence-corrected chi connectivity index (χ2v) is 4.64. The summed E-state index contributed by atoms with van der Waals surface area (Å²) in [7, 11) is 1.65. The van der Waals surface area contributed by atoms with E-state index in [4.69, 9.17) is 4.74 Å². The number of carbonyl (C=O) groups excluding carboxylic acids is 1. The van der Waals surface area contributed by atoms with Gasteiger partial charge in [-0.05, 0) is 37.5 Å². The predicted octanol–water partition coefficient (Wildman–Crippen LogP) is 2.77. The Hall–Kier alpha value is -1.51. The van der Waals surface area contributed by atoms with Gasteiger partial charge in [-0.3, -0.25) is 4.79 Å². The number of methoxy groups -OCH3 is 1. The average molecular weight is 249 g/mol. The maximum absolute atomic E-state index is 11.8. The first-order valence-corrected chi connectivity index (χ1v) is 6.49. The van der Waals surface area contributed by atoms with Gasteiger partial charge in [0, 0.05) is 12.1 Å². The van der Waals surface area contributed by atoms with Gasteiger partial charge in [0.15, 0.2) is 0 Å². The van der Waals surface area contributed by atoms with E-state index in [1.54, 1.807) is 7.11 Å². The van der Waals surface area contributed by atoms with Gasteiger partial charge < -0.3 is 10.1 Å². The third kappa shape index (κ3) is 4.06. The maximum Gasteiger partial charge on any atom is 0.224 e. The summed E-state index contributed by atoms with van der Waals surface area (Å²) in [6, 6.07) is 4.05. The van der Waals surface area contributed by atoms with Crippen LogP contribution in [0, 0.1) is 13.8 Å². The minimum atomic E-state index is 0.0636. The molecule has 0 atom stereocenters. The number of nitrogens with one attached hydrogen (secondary N) is 1. The third-order valence-electron chi connectivity index (χ3n) is 2.99. The summed E-state index contributed by atoms with van der Waals surface area (Å²) in [6.07, 6.45) is 2.50. The Morgan fingerprint density at radius 2 is 2.06 bits per heavy atom. The zero-order valence-corrected chi connectivity index (χ0v) is 11.8. The van der Waals surface area contributed by atoms with Crippen molar-refractivity contribution in [3.05, 3.63) is 28.8 Å². The topological polar surface area (TPSA) is 38.3 Å². The third-order valence-corrected chi connectivity index (χ3v) is 2.99. The van der Waals surface area contributed by atoms with Crippen molar-refractivity contribution in [1.29, 1.82) is 0 Å². The van der Waals surface area contributed by atoms with Crippen LogP contribution in [0.25, 0.3) is 0 Å². The molecule has 1 aromatic carbocycles. The largest absolute Gasteiger partial charge is 0.496 e. The molecule has 100 valence electrons. The second-order valence-electron chi connectivity index (χ2n) is 4.64. The lowest BCUT2D eigenvalue weighted by Gasteiger charge is -2.13. The predicted molar refractivity (Wildman–Crippen MR) is 74.1 cm³/mol. The number of ether oxygens (including phenoxy) is 1. The summed E-state index contributed by atoms with van der Waals surface area (Å²) in [5.74, 6) is 0.867. The van der Waals surface area contributed by atoms with Crippen molar-refractivity contribution >= 4 is 5.91 Å². The first kappa shape index (κ1) is 14.6. The highest BCUT2D eigenvalue weighted by Gasteiger charge is 2.11. The number of amides is 1. The van der Waals surface area contributed by atoms with Crippen LogP contribution in [-0.2, 0) is 11.2 Å². The van der Waals surface area contributed by atoms with Gasteiger partial charge in [-0.1, -0.05) is 19.4 Å². The highest BCUT2D eigenvalue weighted by molar-refractivity contribution is 5.79.